The third-order valence-corrected chi connectivity index (χ3v) is 6.57. The third kappa shape index (κ3) is 5.88. The number of piperidine rings is 1. The SMILES string of the molecule is CC(NC(=NCCc1ccco1)NC1CCN(C2CCCC2)CC1)c1ccccc1. The molecule has 1 saturated carbocycles. The lowest BCUT2D eigenvalue weighted by atomic mass is 10.0. The van der Waals surface area contributed by atoms with Crippen molar-refractivity contribution in [3.05, 3.63) is 60.1 Å². The van der Waals surface area contributed by atoms with Crippen LogP contribution < -0.4 is 10.6 Å². The van der Waals surface area contributed by atoms with Gasteiger partial charge < -0.3 is 20.0 Å². The van der Waals surface area contributed by atoms with Gasteiger partial charge in [0, 0.05) is 38.1 Å². The van der Waals surface area contributed by atoms with Crippen molar-refractivity contribution in [3.8, 4) is 0 Å². The van der Waals surface area contributed by atoms with Crippen LogP contribution in [0.3, 0.4) is 0 Å². The maximum Gasteiger partial charge on any atom is 0.191 e. The van der Waals surface area contributed by atoms with Crippen molar-refractivity contribution in [1.82, 2.24) is 15.5 Å². The number of likely N-dealkylation sites (tertiary alicyclic amines) is 1. The van der Waals surface area contributed by atoms with Crippen molar-refractivity contribution < 1.29 is 4.42 Å². The molecule has 2 fully saturated rings. The third-order valence-electron chi connectivity index (χ3n) is 6.57. The summed E-state index contributed by atoms with van der Waals surface area (Å²) in [4.78, 5) is 7.60. The highest BCUT2D eigenvalue weighted by atomic mass is 16.3. The molecule has 1 saturated heterocycles. The van der Waals surface area contributed by atoms with E-state index in [0.29, 0.717) is 12.6 Å². The first-order chi connectivity index (χ1) is 14.8. The average Bonchev–Trinajstić information content (AvgIpc) is 3.49. The van der Waals surface area contributed by atoms with Crippen LogP contribution in [0.25, 0.3) is 0 Å². The van der Waals surface area contributed by atoms with Gasteiger partial charge in [0.1, 0.15) is 5.76 Å². The Morgan fingerprint density at radius 3 is 2.53 bits per heavy atom. The number of rotatable bonds is 7. The van der Waals surface area contributed by atoms with E-state index in [1.165, 1.54) is 57.2 Å². The summed E-state index contributed by atoms with van der Waals surface area (Å²) >= 11 is 0. The summed E-state index contributed by atoms with van der Waals surface area (Å²) in [5.41, 5.74) is 1.27. The van der Waals surface area contributed by atoms with Crippen molar-refractivity contribution >= 4 is 5.96 Å². The Labute approximate surface area is 181 Å². The van der Waals surface area contributed by atoms with E-state index in [0.717, 1.165) is 24.2 Å². The highest BCUT2D eigenvalue weighted by molar-refractivity contribution is 5.80. The largest absolute Gasteiger partial charge is 0.469 e. The number of furan rings is 1. The maximum absolute atomic E-state index is 5.46. The van der Waals surface area contributed by atoms with Crippen LogP contribution in [0.2, 0.25) is 0 Å². The summed E-state index contributed by atoms with van der Waals surface area (Å²) in [5.74, 6) is 1.90. The van der Waals surface area contributed by atoms with E-state index < -0.39 is 0 Å². The molecule has 1 unspecified atom stereocenters. The van der Waals surface area contributed by atoms with Crippen LogP contribution in [0.5, 0.6) is 0 Å². The van der Waals surface area contributed by atoms with Crippen LogP contribution in [0, 0.1) is 0 Å². The number of aliphatic imine (C=N–C) groups is 1. The molecular weight excluding hydrogens is 372 g/mol. The van der Waals surface area contributed by atoms with Gasteiger partial charge in [-0.05, 0) is 50.3 Å². The van der Waals surface area contributed by atoms with Crippen LogP contribution in [0.4, 0.5) is 0 Å². The fourth-order valence-electron chi connectivity index (χ4n) is 4.77. The number of benzene rings is 1. The van der Waals surface area contributed by atoms with Crippen molar-refractivity contribution in [3.63, 3.8) is 0 Å². The van der Waals surface area contributed by atoms with E-state index in [1.54, 1.807) is 6.26 Å². The molecule has 1 aliphatic heterocycles. The quantitative estimate of drug-likeness (QED) is 0.522. The van der Waals surface area contributed by atoms with Gasteiger partial charge >= 0.3 is 0 Å². The number of hydrogen-bond donors (Lipinski definition) is 2. The molecule has 2 aromatic rings. The van der Waals surface area contributed by atoms with Crippen molar-refractivity contribution in [2.45, 2.75) is 70.0 Å². The van der Waals surface area contributed by atoms with E-state index in [4.69, 9.17) is 9.41 Å². The lowest BCUT2D eigenvalue weighted by molar-refractivity contribution is 0.150. The number of hydrogen-bond acceptors (Lipinski definition) is 3. The van der Waals surface area contributed by atoms with E-state index in [2.05, 4.69) is 52.8 Å². The second kappa shape index (κ2) is 10.7. The fraction of sp³-hybridized carbons (Fsp3) is 0.560. The van der Waals surface area contributed by atoms with Crippen LogP contribution in [-0.4, -0.2) is 42.6 Å². The molecule has 162 valence electrons. The van der Waals surface area contributed by atoms with Gasteiger partial charge in [-0.3, -0.25) is 4.99 Å². The van der Waals surface area contributed by atoms with E-state index >= 15 is 0 Å². The lowest BCUT2D eigenvalue weighted by Gasteiger charge is -2.37. The molecule has 0 spiro atoms. The van der Waals surface area contributed by atoms with Crippen LogP contribution >= 0.6 is 0 Å². The second-order valence-electron chi connectivity index (χ2n) is 8.73. The van der Waals surface area contributed by atoms with Gasteiger partial charge in [0.25, 0.3) is 0 Å². The molecule has 1 aliphatic carbocycles. The van der Waals surface area contributed by atoms with Crippen molar-refractivity contribution in [2.75, 3.05) is 19.6 Å². The zero-order valence-corrected chi connectivity index (χ0v) is 18.2. The Morgan fingerprint density at radius 2 is 1.83 bits per heavy atom. The van der Waals surface area contributed by atoms with E-state index in [-0.39, 0.29) is 6.04 Å². The Morgan fingerprint density at radius 1 is 1.07 bits per heavy atom. The van der Waals surface area contributed by atoms with Crippen molar-refractivity contribution in [2.24, 2.45) is 4.99 Å². The number of nitrogens with zero attached hydrogens (tertiary/aromatic N) is 2. The monoisotopic (exact) mass is 408 g/mol. The highest BCUT2D eigenvalue weighted by Gasteiger charge is 2.27. The molecule has 2 aliphatic rings. The molecule has 2 N–H and O–H groups in total. The summed E-state index contributed by atoms with van der Waals surface area (Å²) in [6.07, 6.45) is 10.5. The van der Waals surface area contributed by atoms with E-state index in [9.17, 15) is 0 Å². The summed E-state index contributed by atoms with van der Waals surface area (Å²) in [7, 11) is 0. The van der Waals surface area contributed by atoms with Gasteiger partial charge in [-0.1, -0.05) is 43.2 Å². The van der Waals surface area contributed by atoms with Crippen LogP contribution in [0.15, 0.2) is 58.1 Å². The Hall–Kier alpha value is -2.27. The zero-order chi connectivity index (χ0) is 20.6. The predicted molar refractivity (Wildman–Crippen MR) is 123 cm³/mol. The predicted octanol–water partition coefficient (Wildman–Crippen LogP) is 4.53. The number of guanidine groups is 1. The summed E-state index contributed by atoms with van der Waals surface area (Å²) in [6, 6.07) is 16.1. The van der Waals surface area contributed by atoms with Crippen molar-refractivity contribution in [1.29, 1.82) is 0 Å². The first kappa shape index (κ1) is 21.0. The minimum absolute atomic E-state index is 0.208. The zero-order valence-electron chi connectivity index (χ0n) is 18.2. The van der Waals surface area contributed by atoms with Gasteiger partial charge in [-0.25, -0.2) is 0 Å². The minimum Gasteiger partial charge on any atom is -0.469 e. The van der Waals surface area contributed by atoms with Gasteiger partial charge in [0.2, 0.25) is 0 Å². The summed E-state index contributed by atoms with van der Waals surface area (Å²) < 4.78 is 5.46. The molecule has 2 heterocycles. The highest BCUT2D eigenvalue weighted by Crippen LogP contribution is 2.26. The molecule has 0 radical (unpaired) electrons. The molecule has 0 amide bonds. The Bertz CT molecular complexity index is 760. The first-order valence-corrected chi connectivity index (χ1v) is 11.7. The molecule has 5 heteroatoms. The Balaban J connectivity index is 1.34. The fourth-order valence-corrected chi connectivity index (χ4v) is 4.77. The van der Waals surface area contributed by atoms with Gasteiger partial charge in [0.05, 0.1) is 12.3 Å². The second-order valence-corrected chi connectivity index (χ2v) is 8.73. The Kier molecular flexibility index (Phi) is 7.46. The number of nitrogens with one attached hydrogen (secondary N) is 2. The first-order valence-electron chi connectivity index (χ1n) is 11.7. The standard InChI is InChI=1S/C25H36N4O/c1-20(21-8-3-2-4-9-21)27-25(26-16-13-24-12-7-19-30-24)28-22-14-17-29(18-15-22)23-10-5-6-11-23/h2-4,7-9,12,19-20,22-23H,5-6,10-11,13-18H2,1H3,(H2,26,27,28). The van der Waals surface area contributed by atoms with Gasteiger partial charge in [-0.2, -0.15) is 0 Å². The molecule has 1 aromatic heterocycles. The van der Waals surface area contributed by atoms with Crippen LogP contribution in [-0.2, 0) is 6.42 Å². The lowest BCUT2D eigenvalue weighted by Crippen LogP contribution is -2.50. The molecular formula is C25H36N4O. The molecule has 0 bridgehead atoms. The molecule has 4 rings (SSSR count). The van der Waals surface area contributed by atoms with E-state index in [1.807, 2.05) is 12.1 Å². The molecule has 30 heavy (non-hydrogen) atoms. The maximum atomic E-state index is 5.46. The van der Waals surface area contributed by atoms with Gasteiger partial charge in [-0.15, -0.1) is 0 Å². The molecule has 5 nitrogen and oxygen atoms in total. The topological polar surface area (TPSA) is 52.8 Å². The molecule has 1 atom stereocenters. The minimum atomic E-state index is 0.208. The normalized spacial score (nSPS) is 20.4. The van der Waals surface area contributed by atoms with Gasteiger partial charge in [0.15, 0.2) is 5.96 Å². The molecule has 1 aromatic carbocycles. The summed E-state index contributed by atoms with van der Waals surface area (Å²) in [6.45, 7) is 5.32. The summed E-state index contributed by atoms with van der Waals surface area (Å²) in [5, 5.41) is 7.35. The smallest absolute Gasteiger partial charge is 0.191 e. The van der Waals surface area contributed by atoms with Crippen LogP contribution in [0.1, 0.15) is 62.8 Å². The average molecular weight is 409 g/mol.